The molecule has 0 aliphatic rings. The molecule has 2 heterocycles. The molecule has 33 heavy (non-hydrogen) atoms. The van der Waals surface area contributed by atoms with Crippen LogP contribution >= 0.6 is 22.9 Å². The van der Waals surface area contributed by atoms with Crippen LogP contribution in [0, 0.1) is 5.82 Å². The number of nitrogens with one attached hydrogen (secondary N) is 1. The lowest BCUT2D eigenvalue weighted by Crippen LogP contribution is -2.41. The molecule has 0 saturated heterocycles. The van der Waals surface area contributed by atoms with Crippen molar-refractivity contribution in [2.24, 2.45) is 0 Å². The first-order valence-electron chi connectivity index (χ1n) is 10.0. The van der Waals surface area contributed by atoms with Crippen molar-refractivity contribution in [3.63, 3.8) is 0 Å². The van der Waals surface area contributed by atoms with Gasteiger partial charge in [0.15, 0.2) is 0 Å². The van der Waals surface area contributed by atoms with Crippen molar-refractivity contribution in [1.82, 2.24) is 9.13 Å². The molecule has 4 rings (SSSR count). The number of aromatic nitrogens is 2. The predicted molar refractivity (Wildman–Crippen MR) is 127 cm³/mol. The number of ether oxygens (including phenoxy) is 1. The molecule has 0 fully saturated rings. The molecule has 0 unspecified atom stereocenters. The first-order chi connectivity index (χ1) is 15.9. The minimum atomic E-state index is -0.690. The lowest BCUT2D eigenvalue weighted by molar-refractivity contribution is -0.116. The molecule has 7 nitrogen and oxygen atoms in total. The highest BCUT2D eigenvalue weighted by Gasteiger charge is 2.17. The Bertz CT molecular complexity index is 1440. The van der Waals surface area contributed by atoms with E-state index in [1.807, 2.05) is 6.92 Å². The van der Waals surface area contributed by atoms with E-state index in [1.165, 1.54) is 28.0 Å². The van der Waals surface area contributed by atoms with E-state index in [4.69, 9.17) is 16.3 Å². The van der Waals surface area contributed by atoms with Crippen molar-refractivity contribution in [2.45, 2.75) is 20.0 Å². The Hall–Kier alpha value is -3.43. The monoisotopic (exact) mass is 487 g/mol. The van der Waals surface area contributed by atoms with Crippen molar-refractivity contribution in [1.29, 1.82) is 0 Å². The number of carbonyl (C=O) groups excluding carboxylic acids is 1. The molecule has 0 saturated carbocycles. The van der Waals surface area contributed by atoms with Crippen molar-refractivity contribution in [2.75, 3.05) is 11.9 Å². The highest BCUT2D eigenvalue weighted by atomic mass is 35.5. The van der Waals surface area contributed by atoms with Gasteiger partial charge in [-0.2, -0.15) is 0 Å². The van der Waals surface area contributed by atoms with Crippen LogP contribution in [0.15, 0.2) is 63.5 Å². The van der Waals surface area contributed by atoms with Crippen LogP contribution in [0.2, 0.25) is 5.02 Å². The van der Waals surface area contributed by atoms with Gasteiger partial charge in [0.05, 0.1) is 24.4 Å². The van der Waals surface area contributed by atoms with Crippen LogP contribution in [0.1, 0.15) is 12.5 Å². The molecule has 0 spiro atoms. The summed E-state index contributed by atoms with van der Waals surface area (Å²) < 4.78 is 22.1. The van der Waals surface area contributed by atoms with Crippen molar-refractivity contribution >= 4 is 44.7 Å². The summed E-state index contributed by atoms with van der Waals surface area (Å²) in [5.74, 6) is -0.618. The lowest BCUT2D eigenvalue weighted by atomic mass is 10.2. The van der Waals surface area contributed by atoms with Gasteiger partial charge in [0.25, 0.3) is 5.56 Å². The van der Waals surface area contributed by atoms with E-state index >= 15 is 0 Å². The van der Waals surface area contributed by atoms with Crippen molar-refractivity contribution in [3.8, 4) is 5.75 Å². The van der Waals surface area contributed by atoms with E-state index < -0.39 is 29.5 Å². The quantitative estimate of drug-likeness (QED) is 0.425. The summed E-state index contributed by atoms with van der Waals surface area (Å²) in [5, 5.41) is 4.32. The largest absolute Gasteiger partial charge is 0.494 e. The molecule has 1 N–H and O–H groups in total. The Kier molecular flexibility index (Phi) is 6.62. The molecular formula is C23H19ClFN3O4S. The minimum absolute atomic E-state index is 0.0331. The zero-order valence-corrected chi connectivity index (χ0v) is 19.1. The average Bonchev–Trinajstić information content (AvgIpc) is 3.28. The van der Waals surface area contributed by atoms with Crippen LogP contribution in [-0.4, -0.2) is 21.6 Å². The molecule has 0 aliphatic carbocycles. The van der Waals surface area contributed by atoms with Crippen molar-refractivity contribution < 1.29 is 13.9 Å². The van der Waals surface area contributed by atoms with Crippen molar-refractivity contribution in [3.05, 3.63) is 91.2 Å². The van der Waals surface area contributed by atoms with Gasteiger partial charge in [0.1, 0.15) is 22.8 Å². The Balaban J connectivity index is 1.67. The van der Waals surface area contributed by atoms with Crippen LogP contribution in [0.3, 0.4) is 0 Å². The van der Waals surface area contributed by atoms with Crippen LogP contribution in [0.25, 0.3) is 10.2 Å². The number of hydrogen-bond acceptors (Lipinski definition) is 5. The number of hydrogen-bond donors (Lipinski definition) is 1. The smallest absolute Gasteiger partial charge is 0.332 e. The van der Waals surface area contributed by atoms with E-state index in [0.717, 1.165) is 16.2 Å². The number of thiophene rings is 1. The fraction of sp³-hybridized carbons (Fsp3) is 0.174. The molecule has 0 radical (unpaired) electrons. The molecule has 170 valence electrons. The van der Waals surface area contributed by atoms with Gasteiger partial charge in [0, 0.05) is 5.02 Å². The first kappa shape index (κ1) is 22.8. The Morgan fingerprint density at radius 2 is 1.88 bits per heavy atom. The van der Waals surface area contributed by atoms with E-state index in [9.17, 15) is 18.8 Å². The molecular weight excluding hydrogens is 469 g/mol. The first-order valence-corrected chi connectivity index (χ1v) is 11.3. The number of amides is 1. The molecule has 2 aromatic heterocycles. The van der Waals surface area contributed by atoms with Gasteiger partial charge in [-0.3, -0.25) is 18.7 Å². The zero-order valence-electron chi connectivity index (χ0n) is 17.5. The van der Waals surface area contributed by atoms with Crippen LogP contribution in [0.4, 0.5) is 10.1 Å². The van der Waals surface area contributed by atoms with Gasteiger partial charge in [-0.1, -0.05) is 23.7 Å². The second-order valence-electron chi connectivity index (χ2n) is 7.14. The lowest BCUT2D eigenvalue weighted by Gasteiger charge is -2.13. The van der Waals surface area contributed by atoms with Gasteiger partial charge in [-0.05, 0) is 54.3 Å². The molecule has 10 heteroatoms. The summed E-state index contributed by atoms with van der Waals surface area (Å²) in [6.45, 7) is 2.05. The number of fused-ring (bicyclic) bond motifs is 1. The third kappa shape index (κ3) is 4.84. The van der Waals surface area contributed by atoms with Crippen LogP contribution < -0.4 is 21.3 Å². The Morgan fingerprint density at radius 3 is 2.58 bits per heavy atom. The molecule has 2 aromatic carbocycles. The number of halogens is 2. The van der Waals surface area contributed by atoms with Gasteiger partial charge >= 0.3 is 5.69 Å². The Labute approximate surface area is 196 Å². The summed E-state index contributed by atoms with van der Waals surface area (Å²) in [5.41, 5.74) is -0.0370. The molecule has 0 aliphatic heterocycles. The second kappa shape index (κ2) is 9.60. The predicted octanol–water partition coefficient (Wildman–Crippen LogP) is 4.10. The molecule has 4 aromatic rings. The third-order valence-corrected chi connectivity index (χ3v) is 6.05. The van der Waals surface area contributed by atoms with E-state index in [0.29, 0.717) is 22.6 Å². The average molecular weight is 488 g/mol. The maximum Gasteiger partial charge on any atom is 0.332 e. The van der Waals surface area contributed by atoms with Gasteiger partial charge < -0.3 is 10.1 Å². The SMILES string of the molecule is CCOc1ccc(Cn2c(=O)c3sccc3n(CC(=O)Nc3ccc(Cl)cc3F)c2=O)cc1. The number of benzene rings is 2. The summed E-state index contributed by atoms with van der Waals surface area (Å²) in [6, 6.07) is 12.6. The van der Waals surface area contributed by atoms with Crippen LogP contribution in [0.5, 0.6) is 5.75 Å². The maximum absolute atomic E-state index is 14.0. The number of nitrogens with zero attached hydrogens (tertiary/aromatic N) is 2. The fourth-order valence-corrected chi connectivity index (χ4v) is 4.39. The highest BCUT2D eigenvalue weighted by Crippen LogP contribution is 2.20. The zero-order chi connectivity index (χ0) is 23.5. The van der Waals surface area contributed by atoms with E-state index in [1.54, 1.807) is 35.7 Å². The summed E-state index contributed by atoms with van der Waals surface area (Å²) in [4.78, 5) is 38.8. The summed E-state index contributed by atoms with van der Waals surface area (Å²) >= 11 is 6.93. The fourth-order valence-electron chi connectivity index (χ4n) is 3.39. The third-order valence-electron chi connectivity index (χ3n) is 4.92. The molecule has 0 atom stereocenters. The summed E-state index contributed by atoms with van der Waals surface area (Å²) in [7, 11) is 0. The molecule has 0 bridgehead atoms. The normalized spacial score (nSPS) is 11.0. The van der Waals surface area contributed by atoms with Gasteiger partial charge in [-0.25, -0.2) is 9.18 Å². The highest BCUT2D eigenvalue weighted by molar-refractivity contribution is 7.17. The standard InChI is InChI=1S/C23H19ClFN3O4S/c1-2-32-16-6-3-14(4-7-16)12-28-22(30)21-19(9-10-33-21)27(23(28)31)13-20(29)26-18-8-5-15(24)11-17(18)25/h3-11H,2,12-13H2,1H3,(H,26,29). The summed E-state index contributed by atoms with van der Waals surface area (Å²) in [6.07, 6.45) is 0. The number of carbonyl (C=O) groups is 1. The number of anilines is 1. The van der Waals surface area contributed by atoms with E-state index in [2.05, 4.69) is 5.32 Å². The topological polar surface area (TPSA) is 82.3 Å². The van der Waals surface area contributed by atoms with E-state index in [-0.39, 0.29) is 17.3 Å². The van der Waals surface area contributed by atoms with Gasteiger partial charge in [0.2, 0.25) is 5.91 Å². The van der Waals surface area contributed by atoms with Crippen LogP contribution in [-0.2, 0) is 17.9 Å². The Morgan fingerprint density at radius 1 is 1.12 bits per heavy atom. The number of rotatable bonds is 7. The maximum atomic E-state index is 14.0. The minimum Gasteiger partial charge on any atom is -0.494 e. The second-order valence-corrected chi connectivity index (χ2v) is 8.50. The van der Waals surface area contributed by atoms with Gasteiger partial charge in [-0.15, -0.1) is 11.3 Å². The molecule has 1 amide bonds.